The van der Waals surface area contributed by atoms with Gasteiger partial charge in [0.15, 0.2) is 0 Å². The first kappa shape index (κ1) is 10.2. The Hall–Kier alpha value is -0.840. The number of rotatable bonds is 3. The van der Waals surface area contributed by atoms with E-state index in [9.17, 15) is 4.79 Å². The molecule has 68 valence electrons. The van der Waals surface area contributed by atoms with Crippen molar-refractivity contribution in [1.82, 2.24) is 0 Å². The molecule has 0 atom stereocenters. The third-order valence-corrected chi connectivity index (χ3v) is 1.78. The van der Waals surface area contributed by atoms with Gasteiger partial charge >= 0.3 is 5.97 Å². The van der Waals surface area contributed by atoms with E-state index in [1.807, 2.05) is 52.9 Å². The fraction of sp³-hybridized carbons (Fsp3) is 0.100. The summed E-state index contributed by atoms with van der Waals surface area (Å²) in [5.41, 5.74) is 0.998. The van der Waals surface area contributed by atoms with Gasteiger partial charge in [0.25, 0.3) is 0 Å². The second kappa shape index (κ2) is 5.75. The minimum Gasteiger partial charge on any atom is -0.458 e. The number of hydrogen-bond acceptors (Lipinski definition) is 2. The van der Waals surface area contributed by atoms with Crippen molar-refractivity contribution in [2.45, 2.75) is 6.61 Å². The normalized spacial score (nSPS) is 10.2. The van der Waals surface area contributed by atoms with Crippen molar-refractivity contribution in [1.29, 1.82) is 0 Å². The minimum absolute atomic E-state index is 0.307. The molecule has 2 nitrogen and oxygen atoms in total. The minimum atomic E-state index is -0.307. The number of benzene rings is 1. The van der Waals surface area contributed by atoms with Gasteiger partial charge in [-0.15, -0.1) is 0 Å². The van der Waals surface area contributed by atoms with E-state index in [1.165, 1.54) is 6.08 Å². The zero-order valence-corrected chi connectivity index (χ0v) is 9.10. The molecule has 1 rings (SSSR count). The summed E-state index contributed by atoms with van der Waals surface area (Å²) in [7, 11) is 0. The van der Waals surface area contributed by atoms with Gasteiger partial charge in [-0.2, -0.15) is 0 Å². The molecule has 0 aliphatic heterocycles. The molecule has 0 fully saturated rings. The topological polar surface area (TPSA) is 26.3 Å². The largest absolute Gasteiger partial charge is 0.458 e. The quantitative estimate of drug-likeness (QED) is 0.485. The van der Waals surface area contributed by atoms with Gasteiger partial charge in [-0.1, -0.05) is 52.9 Å². The van der Waals surface area contributed by atoms with E-state index >= 15 is 0 Å². The number of halogens is 1. The van der Waals surface area contributed by atoms with Gasteiger partial charge in [-0.25, -0.2) is 4.79 Å². The van der Waals surface area contributed by atoms with Crippen LogP contribution < -0.4 is 0 Å². The van der Waals surface area contributed by atoms with Crippen molar-refractivity contribution in [2.24, 2.45) is 0 Å². The van der Waals surface area contributed by atoms with Crippen LogP contribution in [0.3, 0.4) is 0 Å². The molecule has 0 amide bonds. The average Bonchev–Trinajstić information content (AvgIpc) is 2.17. The number of hydrogen-bond donors (Lipinski definition) is 0. The third kappa shape index (κ3) is 4.07. The standard InChI is InChI=1S/C10H9IO2/c11-7-6-10(12)13-8-9-4-2-1-3-5-9/h1-7H,8H2/b7-6-. The van der Waals surface area contributed by atoms with Gasteiger partial charge in [0.1, 0.15) is 6.61 Å². The molecule has 0 aromatic heterocycles. The summed E-state index contributed by atoms with van der Waals surface area (Å²) in [6.45, 7) is 0.334. The monoisotopic (exact) mass is 288 g/mol. The molecular formula is C10H9IO2. The first-order chi connectivity index (χ1) is 6.33. The van der Waals surface area contributed by atoms with E-state index in [0.717, 1.165) is 5.56 Å². The molecule has 0 spiro atoms. The van der Waals surface area contributed by atoms with Crippen LogP contribution in [-0.4, -0.2) is 5.97 Å². The van der Waals surface area contributed by atoms with E-state index in [1.54, 1.807) is 4.08 Å². The fourth-order valence-electron chi connectivity index (χ4n) is 0.828. The molecule has 1 aromatic rings. The van der Waals surface area contributed by atoms with E-state index in [4.69, 9.17) is 4.74 Å². The van der Waals surface area contributed by atoms with Crippen molar-refractivity contribution in [3.05, 3.63) is 46.1 Å². The van der Waals surface area contributed by atoms with Crippen LogP contribution in [0.2, 0.25) is 0 Å². The van der Waals surface area contributed by atoms with Crippen LogP contribution in [0.25, 0.3) is 0 Å². The first-order valence-electron chi connectivity index (χ1n) is 3.80. The van der Waals surface area contributed by atoms with Crippen LogP contribution in [0.1, 0.15) is 5.56 Å². The van der Waals surface area contributed by atoms with E-state index in [2.05, 4.69) is 0 Å². The van der Waals surface area contributed by atoms with Crippen molar-refractivity contribution in [2.75, 3.05) is 0 Å². The summed E-state index contributed by atoms with van der Waals surface area (Å²) >= 11 is 1.98. The molecule has 0 saturated heterocycles. The molecular weight excluding hydrogens is 279 g/mol. The van der Waals surface area contributed by atoms with Crippen LogP contribution in [0.15, 0.2) is 40.5 Å². The lowest BCUT2D eigenvalue weighted by Gasteiger charge is -2.00. The lowest BCUT2D eigenvalue weighted by Crippen LogP contribution is -1.99. The molecule has 0 aliphatic rings. The Bertz CT molecular complexity index is 293. The maximum absolute atomic E-state index is 10.9. The molecule has 0 heterocycles. The van der Waals surface area contributed by atoms with Gasteiger partial charge in [-0.3, -0.25) is 0 Å². The summed E-state index contributed by atoms with van der Waals surface area (Å²) in [6.07, 6.45) is 1.39. The zero-order chi connectivity index (χ0) is 9.52. The molecule has 0 aliphatic carbocycles. The molecule has 0 saturated carbocycles. The maximum Gasteiger partial charge on any atom is 0.331 e. The highest BCUT2D eigenvalue weighted by atomic mass is 127. The maximum atomic E-state index is 10.9. The Morgan fingerprint density at radius 3 is 2.69 bits per heavy atom. The molecule has 0 bridgehead atoms. The highest BCUT2D eigenvalue weighted by Gasteiger charge is 1.96. The molecule has 0 unspecified atom stereocenters. The first-order valence-corrected chi connectivity index (χ1v) is 5.05. The summed E-state index contributed by atoms with van der Waals surface area (Å²) in [6, 6.07) is 9.59. The second-order valence-corrected chi connectivity index (χ2v) is 3.11. The Labute approximate surface area is 90.7 Å². The van der Waals surface area contributed by atoms with E-state index in [-0.39, 0.29) is 5.97 Å². The summed E-state index contributed by atoms with van der Waals surface area (Å²) in [5.74, 6) is -0.307. The van der Waals surface area contributed by atoms with Crippen molar-refractivity contribution in [3.63, 3.8) is 0 Å². The van der Waals surface area contributed by atoms with Crippen molar-refractivity contribution >= 4 is 28.6 Å². The molecule has 0 radical (unpaired) electrons. The van der Waals surface area contributed by atoms with Gasteiger partial charge in [0, 0.05) is 6.08 Å². The Kier molecular flexibility index (Phi) is 4.53. The number of carbonyl (C=O) groups excluding carboxylic acids is 1. The van der Waals surface area contributed by atoms with Gasteiger partial charge in [-0.05, 0) is 9.65 Å². The molecule has 1 aromatic carbocycles. The third-order valence-electron chi connectivity index (χ3n) is 1.42. The predicted octanol–water partition coefficient (Wildman–Crippen LogP) is 2.68. The highest BCUT2D eigenvalue weighted by Crippen LogP contribution is 2.01. The molecule has 0 N–H and O–H groups in total. The van der Waals surface area contributed by atoms with Crippen molar-refractivity contribution < 1.29 is 9.53 Å². The van der Waals surface area contributed by atoms with Crippen LogP contribution >= 0.6 is 22.6 Å². The van der Waals surface area contributed by atoms with Crippen LogP contribution in [-0.2, 0) is 16.1 Å². The summed E-state index contributed by atoms with van der Waals surface area (Å²) in [5, 5.41) is 0. The zero-order valence-electron chi connectivity index (χ0n) is 6.94. The molecule has 3 heteroatoms. The SMILES string of the molecule is O=C(/C=C\I)OCc1ccccc1. The van der Waals surface area contributed by atoms with Crippen molar-refractivity contribution in [3.8, 4) is 0 Å². The Balaban J connectivity index is 2.40. The number of esters is 1. The Morgan fingerprint density at radius 2 is 2.08 bits per heavy atom. The smallest absolute Gasteiger partial charge is 0.331 e. The van der Waals surface area contributed by atoms with Crippen LogP contribution in [0.4, 0.5) is 0 Å². The summed E-state index contributed by atoms with van der Waals surface area (Å²) < 4.78 is 6.57. The van der Waals surface area contributed by atoms with E-state index in [0.29, 0.717) is 6.61 Å². The van der Waals surface area contributed by atoms with Crippen LogP contribution in [0.5, 0.6) is 0 Å². The lowest BCUT2D eigenvalue weighted by molar-refractivity contribution is -0.138. The summed E-state index contributed by atoms with van der Waals surface area (Å²) in [4.78, 5) is 10.9. The average molecular weight is 288 g/mol. The fourth-order valence-corrected chi connectivity index (χ4v) is 1.12. The second-order valence-electron chi connectivity index (χ2n) is 2.39. The number of ether oxygens (including phenoxy) is 1. The van der Waals surface area contributed by atoms with Gasteiger partial charge in [0.2, 0.25) is 0 Å². The van der Waals surface area contributed by atoms with E-state index < -0.39 is 0 Å². The molecule has 13 heavy (non-hydrogen) atoms. The van der Waals surface area contributed by atoms with Crippen LogP contribution in [0, 0.1) is 0 Å². The Morgan fingerprint density at radius 1 is 1.38 bits per heavy atom. The number of carbonyl (C=O) groups is 1. The van der Waals surface area contributed by atoms with Gasteiger partial charge < -0.3 is 4.74 Å². The van der Waals surface area contributed by atoms with Gasteiger partial charge in [0.05, 0.1) is 0 Å². The predicted molar refractivity (Wildman–Crippen MR) is 59.4 cm³/mol. The lowest BCUT2D eigenvalue weighted by atomic mass is 10.2. The highest BCUT2D eigenvalue weighted by molar-refractivity contribution is 14.1.